The molecule has 2 atom stereocenters. The van der Waals surface area contributed by atoms with Crippen molar-refractivity contribution < 1.29 is 4.74 Å². The number of ether oxygens (including phenoxy) is 1. The predicted octanol–water partition coefficient (Wildman–Crippen LogP) is 0.890. The van der Waals surface area contributed by atoms with E-state index in [1.807, 2.05) is 0 Å². The van der Waals surface area contributed by atoms with Gasteiger partial charge in [0.15, 0.2) is 0 Å². The monoisotopic (exact) mass is 230 g/mol. The molecule has 1 fully saturated rings. The van der Waals surface area contributed by atoms with Gasteiger partial charge in [-0.2, -0.15) is 0 Å². The van der Waals surface area contributed by atoms with E-state index in [1.54, 1.807) is 0 Å². The highest BCUT2D eigenvalue weighted by molar-refractivity contribution is 6.58. The van der Waals surface area contributed by atoms with Crippen LogP contribution in [0.5, 0.6) is 0 Å². The molecule has 1 aliphatic heterocycles. The van der Waals surface area contributed by atoms with Gasteiger partial charge in [0, 0.05) is 25.4 Å². The Morgan fingerprint density at radius 2 is 2.27 bits per heavy atom. The Morgan fingerprint density at radius 3 is 2.93 bits per heavy atom. The SMILES string of the molecule is C[SiH](CCCNCCN)C1CCCCO1. The van der Waals surface area contributed by atoms with Gasteiger partial charge in [-0.05, 0) is 32.2 Å². The molecule has 0 amide bonds. The molecule has 1 aliphatic rings. The topological polar surface area (TPSA) is 47.3 Å². The van der Waals surface area contributed by atoms with Crippen LogP contribution in [0.25, 0.3) is 0 Å². The summed E-state index contributed by atoms with van der Waals surface area (Å²) in [4.78, 5) is 0. The minimum absolute atomic E-state index is 0.629. The van der Waals surface area contributed by atoms with Gasteiger partial charge in [0.1, 0.15) is 0 Å². The third kappa shape index (κ3) is 5.66. The number of nitrogens with one attached hydrogen (secondary N) is 1. The van der Waals surface area contributed by atoms with E-state index in [-0.39, 0.29) is 0 Å². The quantitative estimate of drug-likeness (QED) is 0.504. The third-order valence-electron chi connectivity index (χ3n) is 3.18. The van der Waals surface area contributed by atoms with Crippen LogP contribution in [-0.2, 0) is 4.74 Å². The van der Waals surface area contributed by atoms with Gasteiger partial charge in [0.05, 0.1) is 8.80 Å². The first-order valence-electron chi connectivity index (χ1n) is 6.37. The smallest absolute Gasteiger partial charge is 0.0687 e. The molecule has 4 heteroatoms. The fraction of sp³-hybridized carbons (Fsp3) is 1.00. The van der Waals surface area contributed by atoms with Gasteiger partial charge in [0.2, 0.25) is 0 Å². The van der Waals surface area contributed by atoms with Gasteiger partial charge < -0.3 is 15.8 Å². The van der Waals surface area contributed by atoms with Crippen LogP contribution in [0.4, 0.5) is 0 Å². The summed E-state index contributed by atoms with van der Waals surface area (Å²) >= 11 is 0. The maximum atomic E-state index is 5.84. The first-order chi connectivity index (χ1) is 7.34. The van der Waals surface area contributed by atoms with Crippen LogP contribution < -0.4 is 11.1 Å². The van der Waals surface area contributed by atoms with Crippen molar-refractivity contribution in [3.05, 3.63) is 0 Å². The van der Waals surface area contributed by atoms with Crippen LogP contribution in [-0.4, -0.2) is 40.8 Å². The van der Waals surface area contributed by atoms with Crippen LogP contribution in [0.3, 0.4) is 0 Å². The molecule has 1 rings (SSSR count). The fourth-order valence-corrected chi connectivity index (χ4v) is 4.67. The summed E-state index contributed by atoms with van der Waals surface area (Å²) < 4.78 is 5.84. The van der Waals surface area contributed by atoms with Crippen LogP contribution in [0.1, 0.15) is 25.7 Å². The summed E-state index contributed by atoms with van der Waals surface area (Å²) in [5.74, 6) is 0. The maximum absolute atomic E-state index is 5.84. The minimum atomic E-state index is -0.629. The number of hydrogen-bond acceptors (Lipinski definition) is 3. The van der Waals surface area contributed by atoms with E-state index in [0.29, 0.717) is 5.73 Å². The lowest BCUT2D eigenvalue weighted by atomic mass is 10.2. The third-order valence-corrected chi connectivity index (χ3v) is 6.30. The van der Waals surface area contributed by atoms with Gasteiger partial charge in [-0.3, -0.25) is 0 Å². The molecule has 0 spiro atoms. The van der Waals surface area contributed by atoms with Crippen molar-refractivity contribution in [2.24, 2.45) is 5.73 Å². The molecule has 2 unspecified atom stereocenters. The van der Waals surface area contributed by atoms with E-state index in [0.717, 1.165) is 26.2 Å². The normalized spacial score (nSPS) is 24.0. The lowest BCUT2D eigenvalue weighted by molar-refractivity contribution is 0.0625. The maximum Gasteiger partial charge on any atom is 0.0687 e. The van der Waals surface area contributed by atoms with Gasteiger partial charge in [-0.1, -0.05) is 12.6 Å². The Balaban J connectivity index is 1.99. The number of nitrogens with two attached hydrogens (primary N) is 1. The number of hydrogen-bond donors (Lipinski definition) is 2. The summed E-state index contributed by atoms with van der Waals surface area (Å²) in [5.41, 5.74) is 6.07. The van der Waals surface area contributed by atoms with Crippen molar-refractivity contribution in [3.8, 4) is 0 Å². The Morgan fingerprint density at radius 1 is 1.40 bits per heavy atom. The van der Waals surface area contributed by atoms with Crippen molar-refractivity contribution in [2.75, 3.05) is 26.2 Å². The first-order valence-corrected chi connectivity index (χ1v) is 9.00. The summed E-state index contributed by atoms with van der Waals surface area (Å²) in [5, 5.41) is 3.35. The van der Waals surface area contributed by atoms with E-state index in [1.165, 1.54) is 31.7 Å². The molecule has 0 bridgehead atoms. The van der Waals surface area contributed by atoms with Crippen LogP contribution in [0, 0.1) is 0 Å². The van der Waals surface area contributed by atoms with Gasteiger partial charge >= 0.3 is 0 Å². The van der Waals surface area contributed by atoms with Crippen molar-refractivity contribution in [2.45, 2.75) is 44.0 Å². The predicted molar refractivity (Wildman–Crippen MR) is 68.0 cm³/mol. The highest BCUT2D eigenvalue weighted by atomic mass is 28.3. The standard InChI is InChI=1S/C11H26N2OSi/c1-15(10-4-7-13-8-6-12)11-5-2-3-9-14-11/h11,13,15H,2-10,12H2,1H3. The van der Waals surface area contributed by atoms with Crippen molar-refractivity contribution in [1.29, 1.82) is 0 Å². The Labute approximate surface area is 95.4 Å². The second-order valence-electron chi connectivity index (χ2n) is 4.56. The summed E-state index contributed by atoms with van der Waals surface area (Å²) in [7, 11) is -0.629. The molecule has 0 aliphatic carbocycles. The summed E-state index contributed by atoms with van der Waals surface area (Å²) in [6, 6.07) is 1.40. The van der Waals surface area contributed by atoms with E-state index in [2.05, 4.69) is 11.9 Å². The van der Waals surface area contributed by atoms with Crippen LogP contribution >= 0.6 is 0 Å². The second-order valence-corrected chi connectivity index (χ2v) is 7.84. The molecule has 1 heterocycles. The molecule has 1 saturated heterocycles. The zero-order valence-electron chi connectivity index (χ0n) is 10.0. The fourth-order valence-electron chi connectivity index (χ4n) is 2.18. The van der Waals surface area contributed by atoms with E-state index in [9.17, 15) is 0 Å². The average molecular weight is 230 g/mol. The van der Waals surface area contributed by atoms with Gasteiger partial charge in [0.25, 0.3) is 0 Å². The molecule has 0 radical (unpaired) electrons. The van der Waals surface area contributed by atoms with Gasteiger partial charge in [-0.15, -0.1) is 0 Å². The molecule has 0 aromatic rings. The lowest BCUT2D eigenvalue weighted by Crippen LogP contribution is -2.34. The van der Waals surface area contributed by atoms with Crippen molar-refractivity contribution in [1.82, 2.24) is 5.32 Å². The highest BCUT2D eigenvalue weighted by Gasteiger charge is 2.21. The zero-order chi connectivity index (χ0) is 10.9. The molecular weight excluding hydrogens is 204 g/mol. The molecule has 3 nitrogen and oxygen atoms in total. The first kappa shape index (κ1) is 13.2. The largest absolute Gasteiger partial charge is 0.382 e. The van der Waals surface area contributed by atoms with E-state index >= 15 is 0 Å². The van der Waals surface area contributed by atoms with Crippen molar-refractivity contribution in [3.63, 3.8) is 0 Å². The minimum Gasteiger partial charge on any atom is -0.382 e. The average Bonchev–Trinajstić information content (AvgIpc) is 2.30. The van der Waals surface area contributed by atoms with Crippen LogP contribution in [0.15, 0.2) is 0 Å². The highest BCUT2D eigenvalue weighted by Crippen LogP contribution is 2.17. The summed E-state index contributed by atoms with van der Waals surface area (Å²) in [6.07, 6.45) is 5.28. The van der Waals surface area contributed by atoms with Crippen LogP contribution in [0.2, 0.25) is 12.6 Å². The summed E-state index contributed by atoms with van der Waals surface area (Å²) in [6.45, 7) is 6.29. The lowest BCUT2D eigenvalue weighted by Gasteiger charge is -2.27. The Bertz CT molecular complexity index is 152. The van der Waals surface area contributed by atoms with E-state index in [4.69, 9.17) is 10.5 Å². The second kappa shape index (κ2) is 8.27. The molecule has 90 valence electrons. The Kier molecular flexibility index (Phi) is 7.26. The van der Waals surface area contributed by atoms with E-state index < -0.39 is 8.80 Å². The number of rotatable bonds is 7. The molecule has 3 N–H and O–H groups in total. The Hall–Kier alpha value is 0.0969. The molecule has 0 saturated carbocycles. The zero-order valence-corrected chi connectivity index (χ0v) is 11.2. The molecular formula is C11H26N2OSi. The van der Waals surface area contributed by atoms with Crippen molar-refractivity contribution >= 4 is 8.80 Å². The molecule has 15 heavy (non-hydrogen) atoms. The van der Waals surface area contributed by atoms with Gasteiger partial charge in [-0.25, -0.2) is 0 Å². The molecule has 0 aromatic carbocycles. The molecule has 0 aromatic heterocycles.